The number of hydrogen-bond acceptors (Lipinski definition) is 3. The van der Waals surface area contributed by atoms with E-state index in [0.29, 0.717) is 12.1 Å². The molecule has 0 saturated carbocycles. The summed E-state index contributed by atoms with van der Waals surface area (Å²) in [5.41, 5.74) is 0. The average Bonchev–Trinajstić information content (AvgIpc) is 2.28. The van der Waals surface area contributed by atoms with E-state index in [1.807, 2.05) is 0 Å². The summed E-state index contributed by atoms with van der Waals surface area (Å²) in [5, 5.41) is 3.52. The number of hydrogen-bond donors (Lipinski definition) is 1. The van der Waals surface area contributed by atoms with Gasteiger partial charge in [0.2, 0.25) is 0 Å². The zero-order valence-electron chi connectivity index (χ0n) is 11.7. The lowest BCUT2D eigenvalue weighted by molar-refractivity contribution is 0.0988. The molecule has 2 unspecified atom stereocenters. The molecule has 0 bridgehead atoms. The third-order valence-corrected chi connectivity index (χ3v) is 4.16. The number of likely N-dealkylation sites (N-methyl/N-ethyl adjacent to an activating group) is 2. The zero-order chi connectivity index (χ0) is 12.1. The van der Waals surface area contributed by atoms with Crippen molar-refractivity contribution in [2.24, 2.45) is 0 Å². The first kappa shape index (κ1) is 13.9. The van der Waals surface area contributed by atoms with Gasteiger partial charge in [0.1, 0.15) is 0 Å². The monoisotopic (exact) mass is 227 g/mol. The maximum atomic E-state index is 3.52. The van der Waals surface area contributed by atoms with Crippen LogP contribution in [0.25, 0.3) is 0 Å². The molecule has 0 aliphatic carbocycles. The molecule has 3 nitrogen and oxygen atoms in total. The topological polar surface area (TPSA) is 18.5 Å². The normalized spacial score (nSPS) is 23.6. The fraction of sp³-hybridized carbons (Fsp3) is 1.00. The lowest BCUT2D eigenvalue weighted by Gasteiger charge is -2.40. The highest BCUT2D eigenvalue weighted by Gasteiger charge is 2.25. The molecule has 0 aromatic carbocycles. The Balaban J connectivity index is 2.40. The van der Waals surface area contributed by atoms with E-state index in [1.54, 1.807) is 0 Å². The van der Waals surface area contributed by atoms with Crippen LogP contribution in [0.3, 0.4) is 0 Å². The second-order valence-corrected chi connectivity index (χ2v) is 5.29. The van der Waals surface area contributed by atoms with Crippen molar-refractivity contribution in [3.63, 3.8) is 0 Å². The van der Waals surface area contributed by atoms with Gasteiger partial charge in [-0.05, 0) is 60.4 Å². The van der Waals surface area contributed by atoms with E-state index in [9.17, 15) is 0 Å². The summed E-state index contributed by atoms with van der Waals surface area (Å²) in [7, 11) is 4.51. The molecule has 16 heavy (non-hydrogen) atoms. The molecule has 0 amide bonds. The first-order chi connectivity index (χ1) is 7.56. The van der Waals surface area contributed by atoms with Crippen LogP contribution < -0.4 is 5.32 Å². The van der Waals surface area contributed by atoms with Crippen molar-refractivity contribution < 1.29 is 0 Å². The fourth-order valence-corrected chi connectivity index (χ4v) is 2.58. The van der Waals surface area contributed by atoms with Gasteiger partial charge in [0.25, 0.3) is 0 Å². The molecule has 0 aromatic rings. The summed E-state index contributed by atoms with van der Waals surface area (Å²) in [6, 6.07) is 1.97. The second kappa shape index (κ2) is 6.58. The maximum Gasteiger partial charge on any atom is 0.0218 e. The van der Waals surface area contributed by atoms with Gasteiger partial charge < -0.3 is 10.2 Å². The van der Waals surface area contributed by atoms with Crippen LogP contribution in [0.1, 0.15) is 33.6 Å². The van der Waals surface area contributed by atoms with Crippen molar-refractivity contribution in [3.8, 4) is 0 Å². The molecule has 0 aromatic heterocycles. The third kappa shape index (κ3) is 3.72. The molecule has 1 aliphatic heterocycles. The summed E-state index contributed by atoms with van der Waals surface area (Å²) in [6.07, 6.45) is 2.63. The minimum atomic E-state index is 0.578. The Labute approximate surface area is 101 Å². The Morgan fingerprint density at radius 2 is 1.88 bits per heavy atom. The summed E-state index contributed by atoms with van der Waals surface area (Å²) in [5.74, 6) is 0. The Hall–Kier alpha value is -0.120. The van der Waals surface area contributed by atoms with Crippen LogP contribution in [0.5, 0.6) is 0 Å². The van der Waals surface area contributed by atoms with Crippen molar-refractivity contribution in [1.29, 1.82) is 0 Å². The Bertz CT molecular complexity index is 186. The van der Waals surface area contributed by atoms with Gasteiger partial charge >= 0.3 is 0 Å². The molecule has 1 rings (SSSR count). The molecule has 3 heteroatoms. The molecule has 96 valence electrons. The van der Waals surface area contributed by atoms with E-state index >= 15 is 0 Å². The predicted molar refractivity (Wildman–Crippen MR) is 70.9 cm³/mol. The molecule has 0 spiro atoms. The largest absolute Gasteiger partial charge is 0.313 e. The van der Waals surface area contributed by atoms with Crippen LogP contribution in [0.2, 0.25) is 0 Å². The highest BCUT2D eigenvalue weighted by molar-refractivity contribution is 4.83. The summed E-state index contributed by atoms with van der Waals surface area (Å²) < 4.78 is 0. The fourth-order valence-electron chi connectivity index (χ4n) is 2.58. The van der Waals surface area contributed by atoms with Crippen LogP contribution in [-0.2, 0) is 0 Å². The maximum absolute atomic E-state index is 3.52. The first-order valence-corrected chi connectivity index (χ1v) is 6.70. The van der Waals surface area contributed by atoms with Crippen LogP contribution in [0.15, 0.2) is 0 Å². The lowest BCUT2D eigenvalue weighted by Crippen LogP contribution is -2.51. The first-order valence-electron chi connectivity index (χ1n) is 6.70. The van der Waals surface area contributed by atoms with Crippen molar-refractivity contribution >= 4 is 0 Å². The molecule has 1 N–H and O–H groups in total. The van der Waals surface area contributed by atoms with Crippen LogP contribution in [-0.4, -0.2) is 61.7 Å². The molecular weight excluding hydrogens is 198 g/mol. The van der Waals surface area contributed by atoms with E-state index in [-0.39, 0.29) is 0 Å². The van der Waals surface area contributed by atoms with Gasteiger partial charge in [-0.1, -0.05) is 6.92 Å². The van der Waals surface area contributed by atoms with Crippen molar-refractivity contribution in [2.45, 2.75) is 51.7 Å². The minimum Gasteiger partial charge on any atom is -0.313 e. The van der Waals surface area contributed by atoms with Crippen molar-refractivity contribution in [3.05, 3.63) is 0 Å². The average molecular weight is 227 g/mol. The molecule has 0 radical (unpaired) electrons. The van der Waals surface area contributed by atoms with E-state index in [2.05, 4.69) is 50.0 Å². The quantitative estimate of drug-likeness (QED) is 0.766. The van der Waals surface area contributed by atoms with E-state index in [4.69, 9.17) is 0 Å². The Morgan fingerprint density at radius 3 is 2.38 bits per heavy atom. The smallest absolute Gasteiger partial charge is 0.0218 e. The number of nitrogens with zero attached hydrogens (tertiary/aromatic N) is 2. The lowest BCUT2D eigenvalue weighted by atomic mass is 10.0. The van der Waals surface area contributed by atoms with Crippen molar-refractivity contribution in [2.75, 3.05) is 33.7 Å². The minimum absolute atomic E-state index is 0.578. The van der Waals surface area contributed by atoms with Gasteiger partial charge in [-0.25, -0.2) is 0 Å². The summed E-state index contributed by atoms with van der Waals surface area (Å²) in [6.45, 7) is 10.4. The highest BCUT2D eigenvalue weighted by Crippen LogP contribution is 2.17. The summed E-state index contributed by atoms with van der Waals surface area (Å²) in [4.78, 5) is 5.00. The number of likely N-dealkylation sites (tertiary alicyclic amines) is 1. The van der Waals surface area contributed by atoms with Crippen LogP contribution in [0, 0.1) is 0 Å². The van der Waals surface area contributed by atoms with Gasteiger partial charge in [0.05, 0.1) is 0 Å². The molecule has 1 aliphatic rings. The van der Waals surface area contributed by atoms with Gasteiger partial charge in [0, 0.05) is 18.1 Å². The second-order valence-electron chi connectivity index (χ2n) is 5.29. The molecule has 1 heterocycles. The summed E-state index contributed by atoms with van der Waals surface area (Å²) >= 11 is 0. The van der Waals surface area contributed by atoms with Gasteiger partial charge in [-0.15, -0.1) is 0 Å². The van der Waals surface area contributed by atoms with Gasteiger partial charge in [-0.3, -0.25) is 4.90 Å². The highest BCUT2D eigenvalue weighted by atomic mass is 15.2. The Kier molecular flexibility index (Phi) is 5.73. The van der Waals surface area contributed by atoms with Crippen LogP contribution in [0.4, 0.5) is 0 Å². The van der Waals surface area contributed by atoms with E-state index in [0.717, 1.165) is 12.6 Å². The standard InChI is InChI=1S/C13H29N3/c1-6-14-11(2)12(3)16(5)13-7-9-15(4)10-8-13/h11-14H,6-10H2,1-5H3. The molecular formula is C13H29N3. The van der Waals surface area contributed by atoms with Crippen molar-refractivity contribution in [1.82, 2.24) is 15.1 Å². The molecule has 2 atom stereocenters. The Morgan fingerprint density at radius 1 is 1.31 bits per heavy atom. The molecule has 1 fully saturated rings. The number of nitrogens with one attached hydrogen (secondary N) is 1. The third-order valence-electron chi connectivity index (χ3n) is 4.16. The predicted octanol–water partition coefficient (Wildman–Crippen LogP) is 1.40. The number of rotatable bonds is 5. The van der Waals surface area contributed by atoms with E-state index < -0.39 is 0 Å². The van der Waals surface area contributed by atoms with Gasteiger partial charge in [-0.2, -0.15) is 0 Å². The SMILES string of the molecule is CCNC(C)C(C)N(C)C1CCN(C)CC1. The van der Waals surface area contributed by atoms with Crippen LogP contribution >= 0.6 is 0 Å². The van der Waals surface area contributed by atoms with E-state index in [1.165, 1.54) is 25.9 Å². The number of piperidine rings is 1. The molecule has 1 saturated heterocycles. The van der Waals surface area contributed by atoms with Gasteiger partial charge in [0.15, 0.2) is 0 Å². The zero-order valence-corrected chi connectivity index (χ0v) is 11.7.